The zero-order valence-corrected chi connectivity index (χ0v) is 9.49. The van der Waals surface area contributed by atoms with Crippen molar-refractivity contribution in [2.45, 2.75) is 6.42 Å². The molecule has 0 aromatic rings. The molecule has 9 nitrogen and oxygen atoms in total. The van der Waals surface area contributed by atoms with Crippen molar-refractivity contribution in [2.75, 3.05) is 18.8 Å². The molecule has 0 rings (SSSR count). The molecule has 0 heterocycles. The molecule has 0 aliphatic heterocycles. The Bertz CT molecular complexity index is 402. The number of rotatable bonds is 7. The van der Waals surface area contributed by atoms with Crippen LogP contribution in [-0.2, 0) is 24.5 Å². The summed E-state index contributed by atoms with van der Waals surface area (Å²) in [6, 6.07) is 0. The minimum atomic E-state index is -4.22. The molecule has 0 saturated heterocycles. The zero-order chi connectivity index (χ0) is 13.5. The first kappa shape index (κ1) is 15.3. The molecule has 98 valence electrons. The molecule has 0 aromatic carbocycles. The number of carboxylic acid groups (broad SMARTS) is 1. The highest BCUT2D eigenvalue weighted by molar-refractivity contribution is 7.85. The second kappa shape index (κ2) is 6.81. The van der Waals surface area contributed by atoms with Gasteiger partial charge in [-0.3, -0.25) is 18.9 Å². The largest absolute Gasteiger partial charge is 0.480 e. The third-order valence-corrected chi connectivity index (χ3v) is 2.19. The number of aliphatic carboxylic acids is 1. The normalized spacial score (nSPS) is 10.6. The molecule has 4 N–H and O–H groups in total. The van der Waals surface area contributed by atoms with Crippen LogP contribution >= 0.6 is 0 Å². The maximum atomic E-state index is 10.9. The number of nitrogens with one attached hydrogen (secondary N) is 2. The Balaban J connectivity index is 3.77. The van der Waals surface area contributed by atoms with Gasteiger partial charge < -0.3 is 15.7 Å². The molecule has 0 bridgehead atoms. The Labute approximate surface area is 96.9 Å². The maximum absolute atomic E-state index is 10.9. The van der Waals surface area contributed by atoms with Crippen molar-refractivity contribution in [1.82, 2.24) is 10.6 Å². The van der Waals surface area contributed by atoms with E-state index in [4.69, 9.17) is 9.66 Å². The van der Waals surface area contributed by atoms with Gasteiger partial charge in [0.15, 0.2) is 0 Å². The summed E-state index contributed by atoms with van der Waals surface area (Å²) in [5, 5.41) is 12.3. The predicted molar refractivity (Wildman–Crippen MR) is 54.7 cm³/mol. The van der Waals surface area contributed by atoms with Crippen LogP contribution in [0.5, 0.6) is 0 Å². The molecule has 17 heavy (non-hydrogen) atoms. The molecular formula is C7H12N2O7S. The molecule has 0 radical (unpaired) electrons. The Kier molecular flexibility index (Phi) is 6.13. The predicted octanol–water partition coefficient (Wildman–Crippen LogP) is -2.42. The number of carboxylic acids is 1. The fraction of sp³-hybridized carbons (Fsp3) is 0.571. The topological polar surface area (TPSA) is 150 Å². The van der Waals surface area contributed by atoms with Crippen LogP contribution in [0.4, 0.5) is 0 Å². The zero-order valence-electron chi connectivity index (χ0n) is 8.67. The molecule has 0 atom stereocenters. The highest BCUT2D eigenvalue weighted by Crippen LogP contribution is 1.87. The lowest BCUT2D eigenvalue weighted by Gasteiger charge is -2.04. The first-order chi connectivity index (χ1) is 7.70. The van der Waals surface area contributed by atoms with E-state index < -0.39 is 53.2 Å². The van der Waals surface area contributed by atoms with Crippen LogP contribution < -0.4 is 10.6 Å². The Hall–Kier alpha value is -1.68. The molecule has 0 aromatic heterocycles. The minimum absolute atomic E-state index is 0.461. The van der Waals surface area contributed by atoms with Crippen LogP contribution in [0.2, 0.25) is 0 Å². The van der Waals surface area contributed by atoms with E-state index in [1.165, 1.54) is 0 Å². The van der Waals surface area contributed by atoms with E-state index in [0.29, 0.717) is 0 Å². The molecule has 0 fully saturated rings. The van der Waals surface area contributed by atoms with Gasteiger partial charge in [0.25, 0.3) is 10.1 Å². The van der Waals surface area contributed by atoms with Gasteiger partial charge in [-0.25, -0.2) is 0 Å². The number of carbonyl (C=O) groups is 3. The van der Waals surface area contributed by atoms with Gasteiger partial charge in [0, 0.05) is 6.42 Å². The lowest BCUT2D eigenvalue weighted by molar-refractivity contribution is -0.137. The number of hydrogen-bond acceptors (Lipinski definition) is 5. The van der Waals surface area contributed by atoms with Gasteiger partial charge in [0.1, 0.15) is 6.54 Å². The fourth-order valence-electron chi connectivity index (χ4n) is 0.726. The van der Waals surface area contributed by atoms with E-state index >= 15 is 0 Å². The van der Waals surface area contributed by atoms with Crippen molar-refractivity contribution in [3.8, 4) is 0 Å². The summed E-state index contributed by atoms with van der Waals surface area (Å²) in [5.74, 6) is -3.42. The van der Waals surface area contributed by atoms with Gasteiger partial charge in [0.2, 0.25) is 11.8 Å². The van der Waals surface area contributed by atoms with Crippen LogP contribution in [-0.4, -0.2) is 54.7 Å². The van der Waals surface area contributed by atoms with Crippen LogP contribution in [0.15, 0.2) is 0 Å². The van der Waals surface area contributed by atoms with Crippen molar-refractivity contribution >= 4 is 27.9 Å². The standard InChI is InChI=1S/C7H12N2O7S/c10-5(1-2-17(14,15)16)8-3-6(11)9-4-7(12)13/h1-4H2,(H,8,10)(H,9,11)(H,12,13)(H,14,15,16). The summed E-state index contributed by atoms with van der Waals surface area (Å²) >= 11 is 0. The number of carbonyl (C=O) groups excluding carboxylic acids is 2. The second-order valence-corrected chi connectivity index (χ2v) is 4.56. The first-order valence-electron chi connectivity index (χ1n) is 4.41. The summed E-state index contributed by atoms with van der Waals surface area (Å²) in [7, 11) is -4.22. The Morgan fingerprint density at radius 1 is 1.00 bits per heavy atom. The van der Waals surface area contributed by atoms with Crippen LogP contribution in [0, 0.1) is 0 Å². The molecule has 0 aliphatic carbocycles. The molecule has 0 saturated carbocycles. The van der Waals surface area contributed by atoms with E-state index in [1.807, 2.05) is 5.32 Å². The molecular weight excluding hydrogens is 256 g/mol. The first-order valence-corrected chi connectivity index (χ1v) is 6.02. The molecule has 10 heteroatoms. The number of amides is 2. The van der Waals surface area contributed by atoms with E-state index in [2.05, 4.69) is 5.32 Å². The van der Waals surface area contributed by atoms with Crippen molar-refractivity contribution in [3.63, 3.8) is 0 Å². The third kappa shape index (κ3) is 10.6. The van der Waals surface area contributed by atoms with Gasteiger partial charge in [-0.05, 0) is 0 Å². The van der Waals surface area contributed by atoms with Crippen LogP contribution in [0.25, 0.3) is 0 Å². The molecule has 0 spiro atoms. The summed E-state index contributed by atoms with van der Waals surface area (Å²) < 4.78 is 28.9. The number of hydrogen-bond donors (Lipinski definition) is 4. The third-order valence-electron chi connectivity index (χ3n) is 1.47. The van der Waals surface area contributed by atoms with Gasteiger partial charge >= 0.3 is 5.97 Å². The van der Waals surface area contributed by atoms with Crippen molar-refractivity contribution in [1.29, 1.82) is 0 Å². The Morgan fingerprint density at radius 3 is 2.00 bits per heavy atom. The SMILES string of the molecule is O=C(O)CNC(=O)CNC(=O)CCS(=O)(=O)O. The summed E-state index contributed by atoms with van der Waals surface area (Å²) in [5.41, 5.74) is 0. The molecule has 0 aliphatic rings. The minimum Gasteiger partial charge on any atom is -0.480 e. The smallest absolute Gasteiger partial charge is 0.322 e. The van der Waals surface area contributed by atoms with Gasteiger partial charge in [-0.15, -0.1) is 0 Å². The lowest BCUT2D eigenvalue weighted by Crippen LogP contribution is -2.39. The van der Waals surface area contributed by atoms with Gasteiger partial charge in [-0.1, -0.05) is 0 Å². The highest BCUT2D eigenvalue weighted by Gasteiger charge is 2.10. The van der Waals surface area contributed by atoms with E-state index in [-0.39, 0.29) is 0 Å². The summed E-state index contributed by atoms with van der Waals surface area (Å²) in [6.07, 6.45) is -0.481. The fourth-order valence-corrected chi connectivity index (χ4v) is 1.17. The van der Waals surface area contributed by atoms with Crippen molar-refractivity contribution < 1.29 is 32.5 Å². The molecule has 0 unspecified atom stereocenters. The van der Waals surface area contributed by atoms with Crippen LogP contribution in [0.1, 0.15) is 6.42 Å². The van der Waals surface area contributed by atoms with Crippen LogP contribution in [0.3, 0.4) is 0 Å². The van der Waals surface area contributed by atoms with Gasteiger partial charge in [0.05, 0.1) is 12.3 Å². The second-order valence-electron chi connectivity index (χ2n) is 2.98. The quantitative estimate of drug-likeness (QED) is 0.375. The maximum Gasteiger partial charge on any atom is 0.322 e. The van der Waals surface area contributed by atoms with Gasteiger partial charge in [-0.2, -0.15) is 8.42 Å². The van der Waals surface area contributed by atoms with Crippen molar-refractivity contribution in [2.24, 2.45) is 0 Å². The van der Waals surface area contributed by atoms with Crippen molar-refractivity contribution in [3.05, 3.63) is 0 Å². The lowest BCUT2D eigenvalue weighted by atomic mass is 10.4. The van der Waals surface area contributed by atoms with E-state index in [0.717, 1.165) is 0 Å². The van der Waals surface area contributed by atoms with E-state index in [9.17, 15) is 22.8 Å². The molecule has 2 amide bonds. The monoisotopic (exact) mass is 268 g/mol. The van der Waals surface area contributed by atoms with E-state index in [1.54, 1.807) is 0 Å². The summed E-state index contributed by atoms with van der Waals surface area (Å²) in [4.78, 5) is 31.9. The highest BCUT2D eigenvalue weighted by atomic mass is 32.2. The average Bonchev–Trinajstić information content (AvgIpc) is 2.19. The average molecular weight is 268 g/mol. The summed E-state index contributed by atoms with van der Waals surface area (Å²) in [6.45, 7) is -1.03. The Morgan fingerprint density at radius 2 is 1.53 bits per heavy atom.